The summed E-state index contributed by atoms with van der Waals surface area (Å²) in [6.07, 6.45) is 2.04. The zero-order valence-electron chi connectivity index (χ0n) is 13.8. The maximum atomic E-state index is 13.0. The highest BCUT2D eigenvalue weighted by Gasteiger charge is 2.34. The van der Waals surface area contributed by atoms with Gasteiger partial charge in [0.1, 0.15) is 11.5 Å². The van der Waals surface area contributed by atoms with Crippen molar-refractivity contribution in [3.63, 3.8) is 0 Å². The van der Waals surface area contributed by atoms with Crippen LogP contribution in [0.1, 0.15) is 28.8 Å². The molecular weight excluding hydrogens is 326 g/mol. The third-order valence-corrected chi connectivity index (χ3v) is 4.52. The third kappa shape index (κ3) is 3.49. The third-order valence-electron chi connectivity index (χ3n) is 4.19. The summed E-state index contributed by atoms with van der Waals surface area (Å²) >= 11 is 6.20. The van der Waals surface area contributed by atoms with E-state index in [1.54, 1.807) is 26.4 Å². The van der Waals surface area contributed by atoms with Gasteiger partial charge in [0.05, 0.1) is 24.8 Å². The first kappa shape index (κ1) is 16.7. The predicted octanol–water partition coefficient (Wildman–Crippen LogP) is 4.16. The van der Waals surface area contributed by atoms with Crippen molar-refractivity contribution in [2.24, 2.45) is 0 Å². The smallest absolute Gasteiger partial charge is 0.255 e. The maximum absolute atomic E-state index is 13.0. The monoisotopic (exact) mass is 345 g/mol. The number of rotatable bonds is 6. The van der Waals surface area contributed by atoms with Crippen molar-refractivity contribution >= 4 is 17.5 Å². The summed E-state index contributed by atoms with van der Waals surface area (Å²) in [7, 11) is 3.24. The van der Waals surface area contributed by atoms with Gasteiger partial charge in [0.2, 0.25) is 0 Å². The zero-order chi connectivity index (χ0) is 17.1. The molecular formula is C19H20ClNO3. The molecule has 0 unspecified atom stereocenters. The number of carbonyl (C=O) groups excluding carboxylic acids is 1. The molecule has 0 saturated heterocycles. The molecule has 24 heavy (non-hydrogen) atoms. The molecule has 2 aromatic rings. The van der Waals surface area contributed by atoms with E-state index in [2.05, 4.69) is 0 Å². The quantitative estimate of drug-likeness (QED) is 0.789. The van der Waals surface area contributed by atoms with Crippen LogP contribution in [0, 0.1) is 0 Å². The van der Waals surface area contributed by atoms with Crippen LogP contribution >= 0.6 is 11.6 Å². The molecule has 0 bridgehead atoms. The normalized spacial score (nSPS) is 13.5. The van der Waals surface area contributed by atoms with Crippen LogP contribution in [0.15, 0.2) is 42.5 Å². The van der Waals surface area contributed by atoms with Gasteiger partial charge in [-0.25, -0.2) is 0 Å². The lowest BCUT2D eigenvalue weighted by Crippen LogP contribution is -2.33. The average molecular weight is 346 g/mol. The Kier molecular flexibility index (Phi) is 4.95. The molecule has 1 amide bonds. The van der Waals surface area contributed by atoms with Gasteiger partial charge in [-0.2, -0.15) is 0 Å². The van der Waals surface area contributed by atoms with Crippen LogP contribution in [0.25, 0.3) is 0 Å². The lowest BCUT2D eigenvalue weighted by atomic mass is 10.1. The molecule has 2 aromatic carbocycles. The molecule has 1 fully saturated rings. The Morgan fingerprint density at radius 1 is 1.17 bits per heavy atom. The molecule has 3 rings (SSSR count). The summed E-state index contributed by atoms with van der Waals surface area (Å²) in [4.78, 5) is 14.8. The van der Waals surface area contributed by atoms with E-state index < -0.39 is 0 Å². The van der Waals surface area contributed by atoms with E-state index in [1.807, 2.05) is 35.2 Å². The van der Waals surface area contributed by atoms with Crippen molar-refractivity contribution in [3.8, 4) is 11.5 Å². The number of benzene rings is 2. The molecule has 1 saturated carbocycles. The Bertz CT molecular complexity index is 743. The van der Waals surface area contributed by atoms with Crippen molar-refractivity contribution in [3.05, 3.63) is 58.6 Å². The van der Waals surface area contributed by atoms with E-state index in [1.165, 1.54) is 0 Å². The lowest BCUT2D eigenvalue weighted by Gasteiger charge is -2.24. The molecule has 1 aliphatic carbocycles. The standard InChI is InChI=1S/C19H20ClNO3/c1-23-15-10-7-13(18(11-15)24-2)12-21(14-8-9-14)19(22)16-5-3-4-6-17(16)20/h3-7,10-11,14H,8-9,12H2,1-2H3. The number of hydrogen-bond donors (Lipinski definition) is 0. The molecule has 1 aliphatic rings. The minimum absolute atomic E-state index is 0.0408. The van der Waals surface area contributed by atoms with Gasteiger partial charge in [0, 0.05) is 24.2 Å². The molecule has 0 aliphatic heterocycles. The highest BCUT2D eigenvalue weighted by atomic mass is 35.5. The minimum atomic E-state index is -0.0408. The number of hydrogen-bond acceptors (Lipinski definition) is 3. The molecule has 126 valence electrons. The molecule has 0 atom stereocenters. The molecule has 0 N–H and O–H groups in total. The molecule has 0 aromatic heterocycles. The lowest BCUT2D eigenvalue weighted by molar-refractivity contribution is 0.0729. The van der Waals surface area contributed by atoms with Crippen molar-refractivity contribution in [1.29, 1.82) is 0 Å². The van der Waals surface area contributed by atoms with E-state index in [-0.39, 0.29) is 11.9 Å². The second-order valence-electron chi connectivity index (χ2n) is 5.82. The highest BCUT2D eigenvalue weighted by molar-refractivity contribution is 6.33. The van der Waals surface area contributed by atoms with E-state index in [0.717, 1.165) is 24.2 Å². The summed E-state index contributed by atoms with van der Waals surface area (Å²) in [5.41, 5.74) is 1.49. The van der Waals surface area contributed by atoms with Gasteiger partial charge in [0.25, 0.3) is 5.91 Å². The van der Waals surface area contributed by atoms with Gasteiger partial charge in [-0.3, -0.25) is 4.79 Å². The summed E-state index contributed by atoms with van der Waals surface area (Å²) in [5, 5.41) is 0.481. The van der Waals surface area contributed by atoms with Crippen LogP contribution in [-0.2, 0) is 6.54 Å². The van der Waals surface area contributed by atoms with E-state index in [4.69, 9.17) is 21.1 Å². The molecule has 4 nitrogen and oxygen atoms in total. The van der Waals surface area contributed by atoms with Gasteiger partial charge in [0.15, 0.2) is 0 Å². The second kappa shape index (κ2) is 7.14. The van der Waals surface area contributed by atoms with Crippen molar-refractivity contribution in [2.45, 2.75) is 25.4 Å². The fourth-order valence-corrected chi connectivity index (χ4v) is 2.92. The van der Waals surface area contributed by atoms with Crippen LogP contribution < -0.4 is 9.47 Å². The first-order valence-corrected chi connectivity index (χ1v) is 8.28. The fourth-order valence-electron chi connectivity index (χ4n) is 2.71. The Hall–Kier alpha value is -2.20. The van der Waals surface area contributed by atoms with Gasteiger partial charge in [-0.1, -0.05) is 23.7 Å². The predicted molar refractivity (Wildman–Crippen MR) is 93.9 cm³/mol. The number of halogens is 1. The van der Waals surface area contributed by atoms with Crippen LogP contribution in [0.3, 0.4) is 0 Å². The van der Waals surface area contributed by atoms with E-state index in [9.17, 15) is 4.79 Å². The van der Waals surface area contributed by atoms with E-state index in [0.29, 0.717) is 22.9 Å². The number of ether oxygens (including phenoxy) is 2. The first-order valence-electron chi connectivity index (χ1n) is 7.90. The summed E-state index contributed by atoms with van der Waals surface area (Å²) in [6.45, 7) is 0.488. The second-order valence-corrected chi connectivity index (χ2v) is 6.23. The largest absolute Gasteiger partial charge is 0.497 e. The number of methoxy groups -OCH3 is 2. The number of carbonyl (C=O) groups is 1. The Balaban J connectivity index is 1.88. The van der Waals surface area contributed by atoms with Crippen LogP contribution in [-0.4, -0.2) is 31.1 Å². The number of nitrogens with zero attached hydrogens (tertiary/aromatic N) is 1. The Morgan fingerprint density at radius 3 is 2.54 bits per heavy atom. The van der Waals surface area contributed by atoms with Gasteiger partial charge in [-0.05, 0) is 37.1 Å². The summed E-state index contributed by atoms with van der Waals surface area (Å²) in [5.74, 6) is 1.40. The van der Waals surface area contributed by atoms with Crippen LogP contribution in [0.4, 0.5) is 0 Å². The molecule has 0 radical (unpaired) electrons. The molecule has 0 spiro atoms. The molecule has 5 heteroatoms. The van der Waals surface area contributed by atoms with Crippen molar-refractivity contribution < 1.29 is 14.3 Å². The zero-order valence-corrected chi connectivity index (χ0v) is 14.5. The van der Waals surface area contributed by atoms with Crippen molar-refractivity contribution in [2.75, 3.05) is 14.2 Å². The Morgan fingerprint density at radius 2 is 1.92 bits per heavy atom. The summed E-state index contributed by atoms with van der Waals surface area (Å²) < 4.78 is 10.7. The average Bonchev–Trinajstić information content (AvgIpc) is 3.44. The van der Waals surface area contributed by atoms with Crippen LogP contribution in [0.2, 0.25) is 5.02 Å². The first-order chi connectivity index (χ1) is 11.6. The maximum Gasteiger partial charge on any atom is 0.255 e. The highest BCUT2D eigenvalue weighted by Crippen LogP contribution is 2.33. The number of amides is 1. The SMILES string of the molecule is COc1ccc(CN(C(=O)c2ccccc2Cl)C2CC2)c(OC)c1. The van der Waals surface area contributed by atoms with Gasteiger partial charge in [-0.15, -0.1) is 0 Å². The van der Waals surface area contributed by atoms with Gasteiger partial charge >= 0.3 is 0 Å². The minimum Gasteiger partial charge on any atom is -0.497 e. The fraction of sp³-hybridized carbons (Fsp3) is 0.316. The van der Waals surface area contributed by atoms with Gasteiger partial charge < -0.3 is 14.4 Å². The summed E-state index contributed by atoms with van der Waals surface area (Å²) in [6, 6.07) is 13.1. The van der Waals surface area contributed by atoms with Crippen LogP contribution in [0.5, 0.6) is 11.5 Å². The Labute approximate surface area is 146 Å². The molecule has 0 heterocycles. The van der Waals surface area contributed by atoms with Crippen molar-refractivity contribution in [1.82, 2.24) is 4.90 Å². The van der Waals surface area contributed by atoms with E-state index >= 15 is 0 Å². The topological polar surface area (TPSA) is 38.8 Å².